The van der Waals surface area contributed by atoms with Crippen LogP contribution in [0, 0.1) is 0 Å². The first-order valence-corrected chi connectivity index (χ1v) is 7.04. The molecule has 1 aliphatic rings. The van der Waals surface area contributed by atoms with Gasteiger partial charge in [0.1, 0.15) is 0 Å². The van der Waals surface area contributed by atoms with Gasteiger partial charge in [-0.2, -0.15) is 11.8 Å². The minimum atomic E-state index is -0.308. The van der Waals surface area contributed by atoms with Gasteiger partial charge in [0.25, 0.3) is 0 Å². The van der Waals surface area contributed by atoms with Gasteiger partial charge < -0.3 is 4.74 Å². The van der Waals surface area contributed by atoms with Gasteiger partial charge in [-0.3, -0.25) is 0 Å². The second-order valence-corrected chi connectivity index (χ2v) is 4.86. The van der Waals surface area contributed by atoms with Crippen LogP contribution < -0.4 is 0 Å². The van der Waals surface area contributed by atoms with E-state index in [1.165, 1.54) is 0 Å². The highest BCUT2D eigenvalue weighted by Crippen LogP contribution is 2.17. The molecule has 1 atom stereocenters. The zero-order chi connectivity index (χ0) is 12.1. The highest BCUT2D eigenvalue weighted by atomic mass is 32.2. The van der Waals surface area contributed by atoms with E-state index < -0.39 is 0 Å². The molecule has 1 aromatic carbocycles. The molecule has 0 spiro atoms. The van der Waals surface area contributed by atoms with Gasteiger partial charge in [-0.15, -0.1) is 0 Å². The molecule has 1 aliphatic heterocycles. The van der Waals surface area contributed by atoms with E-state index >= 15 is 0 Å². The number of aliphatic imine (C=N–C) groups is 1. The van der Waals surface area contributed by atoms with E-state index in [4.69, 9.17) is 4.74 Å². The predicted octanol–water partition coefficient (Wildman–Crippen LogP) is 2.50. The summed E-state index contributed by atoms with van der Waals surface area (Å²) in [5.41, 5.74) is 0.869. The van der Waals surface area contributed by atoms with Gasteiger partial charge in [0.2, 0.25) is 5.90 Å². The molecule has 0 saturated carbocycles. The number of hydrogen-bond donors (Lipinski definition) is 0. The summed E-state index contributed by atoms with van der Waals surface area (Å²) in [6.45, 7) is 0. The van der Waals surface area contributed by atoms with Gasteiger partial charge in [-0.25, -0.2) is 9.79 Å². The predicted molar refractivity (Wildman–Crippen MR) is 70.5 cm³/mol. The molecular weight excluding hydrogens is 234 g/mol. The SMILES string of the molecule is CSCCCC1N=C(c2ccccc2)OC1=O. The third-order valence-electron chi connectivity index (χ3n) is 2.59. The molecule has 17 heavy (non-hydrogen) atoms. The van der Waals surface area contributed by atoms with Crippen molar-refractivity contribution in [1.82, 2.24) is 0 Å². The van der Waals surface area contributed by atoms with Crippen LogP contribution in [0.15, 0.2) is 35.3 Å². The minimum absolute atomic E-state index is 0.218. The maximum atomic E-state index is 11.6. The molecule has 3 nitrogen and oxygen atoms in total. The lowest BCUT2D eigenvalue weighted by Gasteiger charge is -2.00. The molecule has 0 fully saturated rings. The molecule has 1 unspecified atom stereocenters. The van der Waals surface area contributed by atoms with Gasteiger partial charge in [-0.05, 0) is 37.0 Å². The van der Waals surface area contributed by atoms with E-state index in [9.17, 15) is 4.79 Å². The smallest absolute Gasteiger partial charge is 0.337 e. The van der Waals surface area contributed by atoms with E-state index in [1.54, 1.807) is 11.8 Å². The average Bonchev–Trinajstić information content (AvgIpc) is 2.73. The average molecular weight is 249 g/mol. The summed E-state index contributed by atoms with van der Waals surface area (Å²) in [6.07, 6.45) is 3.83. The van der Waals surface area contributed by atoms with Crippen molar-refractivity contribution in [2.75, 3.05) is 12.0 Å². The Hall–Kier alpha value is -1.29. The number of carbonyl (C=O) groups excluding carboxylic acids is 1. The number of benzene rings is 1. The summed E-state index contributed by atoms with van der Waals surface area (Å²) >= 11 is 1.78. The third kappa shape index (κ3) is 3.09. The van der Waals surface area contributed by atoms with Crippen LogP contribution in [0.5, 0.6) is 0 Å². The topological polar surface area (TPSA) is 38.7 Å². The Morgan fingerprint density at radius 1 is 1.35 bits per heavy atom. The summed E-state index contributed by atoms with van der Waals surface area (Å²) in [4.78, 5) is 16.0. The zero-order valence-electron chi connectivity index (χ0n) is 9.76. The molecule has 1 aromatic rings. The number of nitrogens with zero attached hydrogens (tertiary/aromatic N) is 1. The third-order valence-corrected chi connectivity index (χ3v) is 3.29. The first-order valence-electron chi connectivity index (χ1n) is 5.65. The molecule has 0 aromatic heterocycles. The Kier molecular flexibility index (Phi) is 4.20. The van der Waals surface area contributed by atoms with E-state index in [-0.39, 0.29) is 12.0 Å². The number of hydrogen-bond acceptors (Lipinski definition) is 4. The van der Waals surface area contributed by atoms with Crippen molar-refractivity contribution in [2.24, 2.45) is 4.99 Å². The van der Waals surface area contributed by atoms with Crippen molar-refractivity contribution in [3.05, 3.63) is 35.9 Å². The monoisotopic (exact) mass is 249 g/mol. The Morgan fingerprint density at radius 3 is 2.82 bits per heavy atom. The van der Waals surface area contributed by atoms with Crippen LogP contribution in [0.3, 0.4) is 0 Å². The number of thioether (sulfide) groups is 1. The van der Waals surface area contributed by atoms with Crippen LogP contribution in [0.1, 0.15) is 18.4 Å². The Balaban J connectivity index is 2.01. The molecule has 90 valence electrons. The van der Waals surface area contributed by atoms with Gasteiger partial charge in [-0.1, -0.05) is 18.2 Å². The van der Waals surface area contributed by atoms with Crippen LogP contribution >= 0.6 is 11.8 Å². The van der Waals surface area contributed by atoms with Gasteiger partial charge in [0.15, 0.2) is 6.04 Å². The Labute approximate surface area is 105 Å². The molecule has 0 N–H and O–H groups in total. The number of esters is 1. The molecular formula is C13H15NO2S. The summed E-state index contributed by atoms with van der Waals surface area (Å²) < 4.78 is 5.19. The number of cyclic esters (lactones) is 1. The highest BCUT2D eigenvalue weighted by Gasteiger charge is 2.28. The maximum absolute atomic E-state index is 11.6. The van der Waals surface area contributed by atoms with E-state index in [2.05, 4.69) is 11.2 Å². The Bertz CT molecular complexity index is 417. The van der Waals surface area contributed by atoms with Crippen molar-refractivity contribution >= 4 is 23.6 Å². The van der Waals surface area contributed by atoms with Crippen molar-refractivity contribution in [1.29, 1.82) is 0 Å². The lowest BCUT2D eigenvalue weighted by molar-refractivity contribution is -0.135. The normalized spacial score (nSPS) is 19.0. The Morgan fingerprint density at radius 2 is 2.12 bits per heavy atom. The minimum Gasteiger partial charge on any atom is -0.406 e. The summed E-state index contributed by atoms with van der Waals surface area (Å²) in [6, 6.07) is 9.24. The molecule has 1 heterocycles. The first-order chi connectivity index (χ1) is 8.31. The molecule has 0 radical (unpaired) electrons. The zero-order valence-corrected chi connectivity index (χ0v) is 10.6. The molecule has 0 bridgehead atoms. The largest absolute Gasteiger partial charge is 0.406 e. The second-order valence-electron chi connectivity index (χ2n) is 3.87. The van der Waals surface area contributed by atoms with Gasteiger partial charge in [0.05, 0.1) is 0 Å². The quantitative estimate of drug-likeness (QED) is 0.594. The van der Waals surface area contributed by atoms with Crippen LogP contribution in [0.2, 0.25) is 0 Å². The number of rotatable bonds is 5. The fourth-order valence-electron chi connectivity index (χ4n) is 1.70. The van der Waals surface area contributed by atoms with E-state index in [0.717, 1.165) is 24.2 Å². The standard InChI is InChI=1S/C13H15NO2S/c1-17-9-5-8-11-13(15)16-12(14-11)10-6-3-2-4-7-10/h2-4,6-7,11H,5,8-9H2,1H3. The van der Waals surface area contributed by atoms with Crippen molar-refractivity contribution in [2.45, 2.75) is 18.9 Å². The summed E-state index contributed by atoms with van der Waals surface area (Å²) in [5, 5.41) is 0. The fraction of sp³-hybridized carbons (Fsp3) is 0.385. The summed E-state index contributed by atoms with van der Waals surface area (Å²) in [7, 11) is 0. The summed E-state index contributed by atoms with van der Waals surface area (Å²) in [5.74, 6) is 1.30. The van der Waals surface area contributed by atoms with Gasteiger partial charge in [0, 0.05) is 5.56 Å². The fourth-order valence-corrected chi connectivity index (χ4v) is 2.16. The van der Waals surface area contributed by atoms with E-state index in [0.29, 0.717) is 5.90 Å². The molecule has 0 aliphatic carbocycles. The first kappa shape index (κ1) is 12.2. The van der Waals surface area contributed by atoms with Crippen molar-refractivity contribution < 1.29 is 9.53 Å². The highest BCUT2D eigenvalue weighted by molar-refractivity contribution is 7.98. The maximum Gasteiger partial charge on any atom is 0.337 e. The lowest BCUT2D eigenvalue weighted by atomic mass is 10.2. The van der Waals surface area contributed by atoms with Crippen molar-refractivity contribution in [3.8, 4) is 0 Å². The van der Waals surface area contributed by atoms with Crippen LogP contribution in [-0.4, -0.2) is 29.9 Å². The second kappa shape index (κ2) is 5.87. The van der Waals surface area contributed by atoms with Crippen LogP contribution in [0.25, 0.3) is 0 Å². The van der Waals surface area contributed by atoms with Crippen molar-refractivity contribution in [3.63, 3.8) is 0 Å². The van der Waals surface area contributed by atoms with Crippen LogP contribution in [0.4, 0.5) is 0 Å². The number of carbonyl (C=O) groups is 1. The van der Waals surface area contributed by atoms with Crippen LogP contribution in [-0.2, 0) is 9.53 Å². The van der Waals surface area contributed by atoms with Gasteiger partial charge >= 0.3 is 5.97 Å². The number of ether oxygens (including phenoxy) is 1. The lowest BCUT2D eigenvalue weighted by Crippen LogP contribution is -2.15. The molecule has 2 rings (SSSR count). The van der Waals surface area contributed by atoms with E-state index in [1.807, 2.05) is 30.3 Å². The molecule has 4 heteroatoms. The molecule has 0 saturated heterocycles. The molecule has 0 amide bonds.